The van der Waals surface area contributed by atoms with Crippen molar-refractivity contribution in [2.45, 2.75) is 77.0 Å². The number of hydrogen-bond donors (Lipinski definition) is 1. The predicted octanol–water partition coefficient (Wildman–Crippen LogP) is 3.12. The average Bonchev–Trinajstić information content (AvgIpc) is 3.33. The number of rotatable bonds is 4. The Labute approximate surface area is 175 Å². The van der Waals surface area contributed by atoms with Gasteiger partial charge in [0.15, 0.2) is 6.10 Å². The average molecular weight is 411 g/mol. The van der Waals surface area contributed by atoms with E-state index in [1.165, 1.54) is 0 Å². The van der Waals surface area contributed by atoms with Gasteiger partial charge in [-0.2, -0.15) is 0 Å². The van der Waals surface area contributed by atoms with Crippen LogP contribution in [0.5, 0.6) is 5.75 Å². The topological polar surface area (TPSA) is 80.0 Å². The number of hydrogen-bond acceptors (Lipinski definition) is 5. The molecule has 0 saturated carbocycles. The molecule has 6 nitrogen and oxygen atoms in total. The fourth-order valence-corrected chi connectivity index (χ4v) is 5.84. The van der Waals surface area contributed by atoms with Gasteiger partial charge in [-0.05, 0) is 82.4 Å². The number of aliphatic hydroxyl groups excluding tert-OH is 1. The summed E-state index contributed by atoms with van der Waals surface area (Å²) in [7, 11) is 0. The molecule has 4 atom stereocenters. The number of ether oxygens (including phenoxy) is 1. The highest BCUT2D eigenvalue weighted by Gasteiger charge is 2.44. The van der Waals surface area contributed by atoms with Crippen molar-refractivity contribution in [1.82, 2.24) is 4.90 Å². The molecule has 2 fully saturated rings. The molecule has 2 unspecified atom stereocenters. The highest BCUT2D eigenvalue weighted by Crippen LogP contribution is 2.39. The predicted molar refractivity (Wildman–Crippen MR) is 113 cm³/mol. The number of carbonyl (C=O) groups is 1. The van der Waals surface area contributed by atoms with Gasteiger partial charge in [-0.1, -0.05) is 0 Å². The Morgan fingerprint density at radius 2 is 1.93 bits per heavy atom. The van der Waals surface area contributed by atoms with Crippen LogP contribution in [0.1, 0.15) is 55.7 Å². The highest BCUT2D eigenvalue weighted by molar-refractivity contribution is 5.87. The van der Waals surface area contributed by atoms with Gasteiger partial charge >= 0.3 is 5.63 Å². The molecule has 6 heteroatoms. The zero-order chi connectivity index (χ0) is 21.0. The molecular weight excluding hydrogens is 382 g/mol. The summed E-state index contributed by atoms with van der Waals surface area (Å²) in [6, 6.07) is 4.26. The molecule has 2 aromatic rings. The number of carbonyl (C=O) groups excluding carboxylic acids is 1. The first-order chi connectivity index (χ1) is 14.5. The Morgan fingerprint density at radius 1 is 1.23 bits per heavy atom. The van der Waals surface area contributed by atoms with Gasteiger partial charge in [-0.15, -0.1) is 0 Å². The molecule has 0 spiro atoms. The maximum absolute atomic E-state index is 13.2. The number of amides is 1. The molecule has 1 N–H and O–H groups in total. The summed E-state index contributed by atoms with van der Waals surface area (Å²) in [4.78, 5) is 27.6. The molecular formula is C24H29NO5. The zero-order valence-corrected chi connectivity index (χ0v) is 17.6. The molecule has 2 saturated heterocycles. The number of benzene rings is 1. The van der Waals surface area contributed by atoms with E-state index in [2.05, 4.69) is 0 Å². The lowest BCUT2D eigenvalue weighted by atomic mass is 9.91. The summed E-state index contributed by atoms with van der Waals surface area (Å²) < 4.78 is 11.8. The summed E-state index contributed by atoms with van der Waals surface area (Å²) in [5, 5.41) is 10.5. The van der Waals surface area contributed by atoms with Crippen LogP contribution in [-0.2, 0) is 17.6 Å². The Hall–Kier alpha value is -2.34. The highest BCUT2D eigenvalue weighted by atomic mass is 16.5. The molecule has 1 aromatic heterocycles. The minimum absolute atomic E-state index is 0.00814. The normalized spacial score (nSPS) is 26.1. The Kier molecular flexibility index (Phi) is 4.85. The standard InChI is InChI=1S/C24H29NO5/c1-13-21(9-8-19-18-4-3-5-20(18)24(28)30-22(13)19)29-14(2)23(27)25-16-6-7-17(25)11-15(10-16)12-26/h8-9,14-17,26H,3-7,10-12H2,1-2H3/t14?,15?,16-,17+. The summed E-state index contributed by atoms with van der Waals surface area (Å²) in [6.45, 7) is 3.88. The van der Waals surface area contributed by atoms with E-state index < -0.39 is 6.10 Å². The van der Waals surface area contributed by atoms with Crippen LogP contribution in [-0.4, -0.2) is 40.7 Å². The second kappa shape index (κ2) is 7.41. The van der Waals surface area contributed by atoms with Crippen LogP contribution in [0.3, 0.4) is 0 Å². The van der Waals surface area contributed by atoms with E-state index >= 15 is 0 Å². The fraction of sp³-hybridized carbons (Fsp3) is 0.583. The van der Waals surface area contributed by atoms with Crippen LogP contribution < -0.4 is 10.4 Å². The first kappa shape index (κ1) is 19.6. The largest absolute Gasteiger partial charge is 0.480 e. The van der Waals surface area contributed by atoms with Crippen molar-refractivity contribution < 1.29 is 19.1 Å². The Balaban J connectivity index is 1.39. The van der Waals surface area contributed by atoms with Gasteiger partial charge in [-0.3, -0.25) is 4.79 Å². The smallest absolute Gasteiger partial charge is 0.339 e. The lowest BCUT2D eigenvalue weighted by Crippen LogP contribution is -2.51. The number of piperidine rings is 1. The van der Waals surface area contributed by atoms with Crippen molar-refractivity contribution in [2.24, 2.45) is 5.92 Å². The third-order valence-corrected chi connectivity index (χ3v) is 7.34. The third-order valence-electron chi connectivity index (χ3n) is 7.34. The molecule has 0 radical (unpaired) electrons. The summed E-state index contributed by atoms with van der Waals surface area (Å²) >= 11 is 0. The van der Waals surface area contributed by atoms with Gasteiger partial charge in [0.1, 0.15) is 11.3 Å². The van der Waals surface area contributed by atoms with Gasteiger partial charge in [0.2, 0.25) is 0 Å². The zero-order valence-electron chi connectivity index (χ0n) is 17.6. The summed E-state index contributed by atoms with van der Waals surface area (Å²) in [6.07, 6.45) is 5.81. The van der Waals surface area contributed by atoms with E-state index in [9.17, 15) is 14.7 Å². The summed E-state index contributed by atoms with van der Waals surface area (Å²) in [5.74, 6) is 0.894. The van der Waals surface area contributed by atoms with Crippen LogP contribution in [0.25, 0.3) is 11.0 Å². The maximum Gasteiger partial charge on any atom is 0.339 e. The Bertz CT molecular complexity index is 1040. The molecule has 1 aromatic carbocycles. The first-order valence-corrected chi connectivity index (χ1v) is 11.2. The number of aliphatic hydroxyl groups is 1. The van der Waals surface area contributed by atoms with Crippen LogP contribution in [0.4, 0.5) is 0 Å². The van der Waals surface area contributed by atoms with Crippen LogP contribution in [0.2, 0.25) is 0 Å². The van der Waals surface area contributed by atoms with Gasteiger partial charge in [0.05, 0.1) is 0 Å². The minimum Gasteiger partial charge on any atom is -0.480 e. The minimum atomic E-state index is -0.615. The fourth-order valence-electron chi connectivity index (χ4n) is 5.84. The van der Waals surface area contributed by atoms with Crippen LogP contribution >= 0.6 is 0 Å². The van der Waals surface area contributed by atoms with Crippen molar-refractivity contribution in [2.75, 3.05) is 6.61 Å². The van der Waals surface area contributed by atoms with Gasteiger partial charge in [0.25, 0.3) is 5.91 Å². The molecule has 1 aliphatic carbocycles. The molecule has 30 heavy (non-hydrogen) atoms. The van der Waals surface area contributed by atoms with Crippen molar-refractivity contribution in [3.63, 3.8) is 0 Å². The van der Waals surface area contributed by atoms with Crippen LogP contribution in [0.15, 0.2) is 21.3 Å². The van der Waals surface area contributed by atoms with E-state index in [-0.39, 0.29) is 30.2 Å². The van der Waals surface area contributed by atoms with Crippen molar-refractivity contribution in [1.29, 1.82) is 0 Å². The van der Waals surface area contributed by atoms with E-state index in [0.29, 0.717) is 17.3 Å². The molecule has 3 heterocycles. The second-order valence-corrected chi connectivity index (χ2v) is 9.18. The molecule has 3 aliphatic rings. The molecule has 2 aliphatic heterocycles. The van der Waals surface area contributed by atoms with Gasteiger partial charge in [0, 0.05) is 35.2 Å². The maximum atomic E-state index is 13.2. The summed E-state index contributed by atoms with van der Waals surface area (Å²) in [5.41, 5.74) is 2.99. The molecule has 1 amide bonds. The number of aryl methyl sites for hydroxylation is 2. The van der Waals surface area contributed by atoms with Crippen molar-refractivity contribution >= 4 is 16.9 Å². The van der Waals surface area contributed by atoms with Crippen LogP contribution in [0, 0.1) is 12.8 Å². The lowest BCUT2D eigenvalue weighted by Gasteiger charge is -2.39. The van der Waals surface area contributed by atoms with E-state index in [1.54, 1.807) is 6.92 Å². The molecule has 160 valence electrons. The van der Waals surface area contributed by atoms with Gasteiger partial charge in [-0.25, -0.2) is 4.79 Å². The van der Waals surface area contributed by atoms with E-state index in [0.717, 1.165) is 67.0 Å². The first-order valence-electron chi connectivity index (χ1n) is 11.2. The lowest BCUT2D eigenvalue weighted by molar-refractivity contribution is -0.143. The van der Waals surface area contributed by atoms with Crippen molar-refractivity contribution in [3.8, 4) is 5.75 Å². The molecule has 2 bridgehead atoms. The van der Waals surface area contributed by atoms with E-state index in [4.69, 9.17) is 9.15 Å². The monoisotopic (exact) mass is 411 g/mol. The van der Waals surface area contributed by atoms with E-state index in [1.807, 2.05) is 24.0 Å². The van der Waals surface area contributed by atoms with Crippen molar-refractivity contribution in [3.05, 3.63) is 39.2 Å². The second-order valence-electron chi connectivity index (χ2n) is 9.18. The number of nitrogens with zero attached hydrogens (tertiary/aromatic N) is 1. The number of fused-ring (bicyclic) bond motifs is 5. The SMILES string of the molecule is Cc1c(OC(C)C(=O)N2[C@@H]3CC[C@H]2CC(CO)C3)ccc2c3c(c(=O)oc12)CCC3. The Morgan fingerprint density at radius 3 is 2.63 bits per heavy atom. The molecule has 5 rings (SSSR count). The third kappa shape index (κ3) is 3.04. The van der Waals surface area contributed by atoms with Gasteiger partial charge < -0.3 is 19.2 Å². The quantitative estimate of drug-likeness (QED) is 0.782.